The van der Waals surface area contributed by atoms with Gasteiger partial charge >= 0.3 is 6.09 Å². The number of hydrogen-bond donors (Lipinski definition) is 0. The minimum atomic E-state index is -2.27. The van der Waals surface area contributed by atoms with Crippen LogP contribution in [0.2, 0.25) is 18.1 Å². The largest absolute Gasteiger partial charge is 0.447 e. The third-order valence-corrected chi connectivity index (χ3v) is 12.4. The zero-order valence-corrected chi connectivity index (χ0v) is 23.4. The molecule has 2 amide bonds. The molecule has 2 rings (SSSR count). The summed E-state index contributed by atoms with van der Waals surface area (Å²) in [5.74, 6) is -0.444. The number of nitrogens with zero attached hydrogens (tertiary/aromatic N) is 1. The van der Waals surface area contributed by atoms with Crippen LogP contribution in [-0.2, 0) is 20.4 Å². The maximum Gasteiger partial charge on any atom is 0.417 e. The van der Waals surface area contributed by atoms with Crippen LogP contribution in [0.1, 0.15) is 54.0 Å². The van der Waals surface area contributed by atoms with E-state index < -0.39 is 26.4 Å². The van der Waals surface area contributed by atoms with E-state index in [2.05, 4.69) is 40.8 Å². The van der Waals surface area contributed by atoms with Gasteiger partial charge in [0.2, 0.25) is 5.91 Å². The van der Waals surface area contributed by atoms with Gasteiger partial charge in [-0.1, -0.05) is 76.3 Å². The Balaban J connectivity index is 2.42. The number of carbonyl (C=O) groups is 2. The van der Waals surface area contributed by atoms with Crippen LogP contribution in [0.3, 0.4) is 0 Å². The topological polar surface area (TPSA) is 55.8 Å². The highest BCUT2D eigenvalue weighted by molar-refractivity contribution is 6.74. The van der Waals surface area contributed by atoms with E-state index in [9.17, 15) is 9.59 Å². The van der Waals surface area contributed by atoms with Crippen LogP contribution in [0.15, 0.2) is 54.1 Å². The van der Waals surface area contributed by atoms with E-state index in [0.29, 0.717) is 12.3 Å². The molecule has 1 saturated heterocycles. The summed E-state index contributed by atoms with van der Waals surface area (Å²) >= 11 is 0. The fourth-order valence-corrected chi connectivity index (χ4v) is 6.89. The molecule has 1 heterocycles. The van der Waals surface area contributed by atoms with E-state index in [4.69, 9.17) is 9.16 Å². The van der Waals surface area contributed by atoms with E-state index in [1.807, 2.05) is 69.3 Å². The lowest BCUT2D eigenvalue weighted by Gasteiger charge is -2.45. The van der Waals surface area contributed by atoms with Crippen molar-refractivity contribution in [3.05, 3.63) is 59.7 Å². The molecule has 0 radical (unpaired) electrons. The lowest BCUT2D eigenvalue weighted by atomic mass is 9.93. The Morgan fingerprint density at radius 2 is 1.85 bits per heavy atom. The molecule has 0 aliphatic carbocycles. The fourth-order valence-electron chi connectivity index (χ4n) is 4.23. The van der Waals surface area contributed by atoms with Crippen molar-refractivity contribution < 1.29 is 18.8 Å². The van der Waals surface area contributed by atoms with Crippen LogP contribution in [-0.4, -0.2) is 44.0 Å². The number of amides is 2. The number of hydrogen-bond acceptors (Lipinski definition) is 4. The maximum atomic E-state index is 14.0. The van der Waals surface area contributed by atoms with Crippen molar-refractivity contribution in [3.8, 4) is 0 Å². The first-order valence-electron chi connectivity index (χ1n) is 12.3. The first-order chi connectivity index (χ1) is 15.9. The minimum absolute atomic E-state index is 0.00871. The molecule has 0 saturated carbocycles. The zero-order valence-electron chi connectivity index (χ0n) is 22.4. The third-order valence-electron chi connectivity index (χ3n) is 7.84. The number of rotatable bonds is 10. The SMILES string of the molecule is C/C=C\[C@H](C(=O)N1C(=O)OC[C@@H]1Cc1ccccc1)[C@H](O[Si](C)(C)C(C)(C)C(C)C)/C(C)=C/C. The summed E-state index contributed by atoms with van der Waals surface area (Å²) in [5.41, 5.74) is 2.06. The second kappa shape index (κ2) is 11.5. The number of cyclic esters (lactones) is 1. The van der Waals surface area contributed by atoms with Gasteiger partial charge in [0, 0.05) is 0 Å². The van der Waals surface area contributed by atoms with Crippen molar-refractivity contribution in [2.45, 2.75) is 85.2 Å². The van der Waals surface area contributed by atoms with Crippen molar-refractivity contribution >= 4 is 20.3 Å². The Kier molecular flexibility index (Phi) is 9.49. The van der Waals surface area contributed by atoms with E-state index >= 15 is 0 Å². The highest BCUT2D eigenvalue weighted by atomic mass is 28.4. The predicted molar refractivity (Wildman–Crippen MR) is 141 cm³/mol. The summed E-state index contributed by atoms with van der Waals surface area (Å²) < 4.78 is 12.3. The molecule has 0 N–H and O–H groups in total. The molecule has 6 heteroatoms. The highest BCUT2D eigenvalue weighted by Crippen LogP contribution is 2.46. The summed E-state index contributed by atoms with van der Waals surface area (Å²) in [6, 6.07) is 9.56. The first kappa shape index (κ1) is 28.1. The first-order valence-corrected chi connectivity index (χ1v) is 15.2. The molecular weight excluding hydrogens is 442 g/mol. The summed E-state index contributed by atoms with van der Waals surface area (Å²) in [5, 5.41) is -0.00871. The van der Waals surface area contributed by atoms with Gasteiger partial charge in [-0.25, -0.2) is 9.69 Å². The van der Waals surface area contributed by atoms with E-state index in [1.54, 1.807) is 0 Å². The summed E-state index contributed by atoms with van der Waals surface area (Å²) in [4.78, 5) is 28.0. The van der Waals surface area contributed by atoms with E-state index in [0.717, 1.165) is 11.1 Å². The normalized spacial score (nSPS) is 19.6. The van der Waals surface area contributed by atoms with E-state index in [1.165, 1.54) is 4.90 Å². The number of carbonyl (C=O) groups excluding carboxylic acids is 2. The highest BCUT2D eigenvalue weighted by Gasteiger charge is 2.48. The van der Waals surface area contributed by atoms with Crippen molar-refractivity contribution in [2.75, 3.05) is 6.61 Å². The van der Waals surface area contributed by atoms with Gasteiger partial charge in [0.05, 0.1) is 18.1 Å². The molecule has 0 unspecified atom stereocenters. The standard InChI is InChI=1S/C28H43NO4Si/c1-10-15-24(25(21(5)11-2)33-34(8,9)28(6,7)20(3)4)26(30)29-23(19-32-27(29)31)18-22-16-13-12-14-17-22/h10-17,20,23-25H,18-19H2,1-9H3/b15-10-,21-11+/t23-,24-,25+/m0/s1. The molecule has 1 fully saturated rings. The molecule has 188 valence electrons. The van der Waals surface area contributed by atoms with Gasteiger partial charge in [-0.2, -0.15) is 0 Å². The molecule has 0 spiro atoms. The molecule has 0 bridgehead atoms. The predicted octanol–water partition coefficient (Wildman–Crippen LogP) is 6.76. The van der Waals surface area contributed by atoms with Crippen molar-refractivity contribution in [1.29, 1.82) is 0 Å². The minimum Gasteiger partial charge on any atom is -0.447 e. The van der Waals surface area contributed by atoms with Gasteiger partial charge < -0.3 is 9.16 Å². The number of imide groups is 1. The number of benzene rings is 1. The Bertz CT molecular complexity index is 904. The van der Waals surface area contributed by atoms with Crippen LogP contribution in [0.5, 0.6) is 0 Å². The van der Waals surface area contributed by atoms with Gasteiger partial charge in [-0.3, -0.25) is 4.79 Å². The van der Waals surface area contributed by atoms with Gasteiger partial charge in [0.15, 0.2) is 8.32 Å². The second-order valence-corrected chi connectivity index (χ2v) is 15.2. The quantitative estimate of drug-likeness (QED) is 0.271. The zero-order chi connectivity index (χ0) is 25.7. The van der Waals surface area contributed by atoms with Gasteiger partial charge in [0.1, 0.15) is 6.61 Å². The monoisotopic (exact) mass is 485 g/mol. The molecule has 1 aromatic rings. The van der Waals surface area contributed by atoms with Gasteiger partial charge in [0.25, 0.3) is 0 Å². The molecule has 1 aliphatic heterocycles. The van der Waals surface area contributed by atoms with Crippen LogP contribution in [0.4, 0.5) is 4.79 Å². The second-order valence-electron chi connectivity index (χ2n) is 10.6. The average Bonchev–Trinajstić information content (AvgIpc) is 3.15. The molecule has 0 aromatic heterocycles. The third kappa shape index (κ3) is 6.08. The number of ether oxygens (including phenoxy) is 1. The van der Waals surface area contributed by atoms with Crippen molar-refractivity contribution in [1.82, 2.24) is 4.90 Å². The maximum absolute atomic E-state index is 14.0. The summed E-state index contributed by atoms with van der Waals surface area (Å²) in [7, 11) is -2.27. The van der Waals surface area contributed by atoms with Crippen molar-refractivity contribution in [2.24, 2.45) is 11.8 Å². The van der Waals surface area contributed by atoms with Crippen LogP contribution in [0, 0.1) is 11.8 Å². The fraction of sp³-hybridized carbons (Fsp3) is 0.571. The van der Waals surface area contributed by atoms with Crippen molar-refractivity contribution in [3.63, 3.8) is 0 Å². The summed E-state index contributed by atoms with van der Waals surface area (Å²) in [6.45, 7) is 19.5. The molecule has 1 aromatic carbocycles. The molecular formula is C28H43NO4Si. The van der Waals surface area contributed by atoms with Crippen LogP contribution in [0.25, 0.3) is 0 Å². The average molecular weight is 486 g/mol. The molecule has 1 aliphatic rings. The Hall–Kier alpha value is -2.18. The van der Waals surface area contributed by atoms with Gasteiger partial charge in [-0.15, -0.1) is 0 Å². The van der Waals surface area contributed by atoms with Crippen LogP contribution < -0.4 is 0 Å². The Morgan fingerprint density at radius 1 is 1.24 bits per heavy atom. The lowest BCUT2D eigenvalue weighted by molar-refractivity contribution is -0.134. The summed E-state index contributed by atoms with van der Waals surface area (Å²) in [6.07, 6.45) is 5.30. The lowest BCUT2D eigenvalue weighted by Crippen LogP contribution is -2.52. The Labute approximate surface area is 207 Å². The molecule has 34 heavy (non-hydrogen) atoms. The molecule has 3 atom stereocenters. The number of allylic oxidation sites excluding steroid dienone is 2. The van der Waals surface area contributed by atoms with Crippen LogP contribution >= 0.6 is 0 Å². The van der Waals surface area contributed by atoms with Gasteiger partial charge in [-0.05, 0) is 62.4 Å². The smallest absolute Gasteiger partial charge is 0.417 e. The van der Waals surface area contributed by atoms with E-state index in [-0.39, 0.29) is 23.6 Å². The molecule has 5 nitrogen and oxygen atoms in total. The Morgan fingerprint density at radius 3 is 2.38 bits per heavy atom.